The normalized spacial score (nSPS) is 11.1. The van der Waals surface area contributed by atoms with Crippen molar-refractivity contribution >= 4 is 15.9 Å². The molecule has 19 heavy (non-hydrogen) atoms. The third kappa shape index (κ3) is 3.76. The first kappa shape index (κ1) is 14.0. The Morgan fingerprint density at radius 1 is 1.37 bits per heavy atom. The monoisotopic (exact) mass is 327 g/mol. The quantitative estimate of drug-likeness (QED) is 0.784. The number of hydrogen-bond acceptors (Lipinski definition) is 6. The molecular weight excluding hydrogens is 314 g/mol. The van der Waals surface area contributed by atoms with E-state index < -0.39 is 0 Å². The molecule has 2 aromatic heterocycles. The SMILES string of the molecule is C=CCN(CCO)Cc1nnc(-c2ccc(Br)o2)o1. The number of aliphatic hydroxyl groups is 1. The first-order valence-corrected chi connectivity index (χ1v) is 6.54. The molecule has 0 unspecified atom stereocenters. The highest BCUT2D eigenvalue weighted by Crippen LogP contribution is 2.23. The summed E-state index contributed by atoms with van der Waals surface area (Å²) in [5.74, 6) is 1.32. The summed E-state index contributed by atoms with van der Waals surface area (Å²) < 4.78 is 11.5. The molecule has 1 N–H and O–H groups in total. The molecule has 102 valence electrons. The summed E-state index contributed by atoms with van der Waals surface area (Å²) in [6, 6.07) is 3.51. The molecule has 6 nitrogen and oxygen atoms in total. The van der Waals surface area contributed by atoms with Gasteiger partial charge in [0, 0.05) is 13.1 Å². The van der Waals surface area contributed by atoms with Gasteiger partial charge in [0.05, 0.1) is 13.2 Å². The molecule has 0 fully saturated rings. The van der Waals surface area contributed by atoms with Gasteiger partial charge in [-0.05, 0) is 28.1 Å². The van der Waals surface area contributed by atoms with Gasteiger partial charge in [0.2, 0.25) is 5.89 Å². The fourth-order valence-electron chi connectivity index (χ4n) is 1.60. The van der Waals surface area contributed by atoms with Crippen LogP contribution in [0.2, 0.25) is 0 Å². The Hall–Kier alpha value is -1.44. The smallest absolute Gasteiger partial charge is 0.283 e. The van der Waals surface area contributed by atoms with Crippen molar-refractivity contribution < 1.29 is 13.9 Å². The number of hydrogen-bond donors (Lipinski definition) is 1. The standard InChI is InChI=1S/C12H14BrN3O3/c1-2-5-16(6-7-17)8-11-14-15-12(19-11)9-3-4-10(13)18-9/h2-4,17H,1,5-8H2. The summed E-state index contributed by atoms with van der Waals surface area (Å²) in [5.41, 5.74) is 0. The van der Waals surface area contributed by atoms with E-state index in [2.05, 4.69) is 32.7 Å². The molecule has 2 aromatic rings. The molecule has 7 heteroatoms. The lowest BCUT2D eigenvalue weighted by Gasteiger charge is -2.16. The van der Waals surface area contributed by atoms with Crippen molar-refractivity contribution in [1.29, 1.82) is 0 Å². The van der Waals surface area contributed by atoms with Gasteiger partial charge < -0.3 is 13.9 Å². The minimum atomic E-state index is 0.0694. The molecule has 0 saturated heterocycles. The third-order valence-electron chi connectivity index (χ3n) is 2.41. The number of nitrogens with zero attached hydrogens (tertiary/aromatic N) is 3. The molecular formula is C12H14BrN3O3. The minimum Gasteiger partial charge on any atom is -0.444 e. The van der Waals surface area contributed by atoms with E-state index in [-0.39, 0.29) is 6.61 Å². The first-order chi connectivity index (χ1) is 9.22. The Morgan fingerprint density at radius 2 is 2.21 bits per heavy atom. The van der Waals surface area contributed by atoms with Gasteiger partial charge >= 0.3 is 0 Å². The lowest BCUT2D eigenvalue weighted by molar-refractivity contribution is 0.192. The lowest BCUT2D eigenvalue weighted by atomic mass is 10.4. The van der Waals surface area contributed by atoms with E-state index in [1.54, 1.807) is 18.2 Å². The molecule has 0 aromatic carbocycles. The highest BCUT2D eigenvalue weighted by atomic mass is 79.9. The van der Waals surface area contributed by atoms with Crippen LogP contribution in [0.1, 0.15) is 5.89 Å². The summed E-state index contributed by atoms with van der Waals surface area (Å²) in [5, 5.41) is 16.8. The van der Waals surface area contributed by atoms with Gasteiger partial charge in [-0.1, -0.05) is 6.08 Å². The van der Waals surface area contributed by atoms with E-state index in [1.165, 1.54) is 0 Å². The Kier molecular flexibility index (Phi) is 4.89. The molecule has 0 aliphatic carbocycles. The third-order valence-corrected chi connectivity index (χ3v) is 2.84. The van der Waals surface area contributed by atoms with Crippen molar-refractivity contribution in [2.45, 2.75) is 6.54 Å². The van der Waals surface area contributed by atoms with Crippen molar-refractivity contribution in [2.75, 3.05) is 19.7 Å². The average Bonchev–Trinajstić information content (AvgIpc) is 2.99. The first-order valence-electron chi connectivity index (χ1n) is 5.75. The van der Waals surface area contributed by atoms with Crippen LogP contribution in [0.4, 0.5) is 0 Å². The van der Waals surface area contributed by atoms with Gasteiger partial charge in [-0.2, -0.15) is 0 Å². The Bertz CT molecular complexity index is 538. The number of halogens is 1. The van der Waals surface area contributed by atoms with Crippen molar-refractivity contribution in [2.24, 2.45) is 0 Å². The van der Waals surface area contributed by atoms with Gasteiger partial charge in [0.25, 0.3) is 5.89 Å². The molecule has 0 bridgehead atoms. The Balaban J connectivity index is 2.05. The van der Waals surface area contributed by atoms with Crippen LogP contribution in [-0.2, 0) is 6.54 Å². The van der Waals surface area contributed by atoms with Gasteiger partial charge in [-0.3, -0.25) is 4.90 Å². The Morgan fingerprint density at radius 3 is 2.84 bits per heavy atom. The summed E-state index contributed by atoms with van der Waals surface area (Å²) in [4.78, 5) is 1.95. The van der Waals surface area contributed by atoms with Crippen LogP contribution in [0.15, 0.2) is 38.3 Å². The lowest BCUT2D eigenvalue weighted by Crippen LogP contribution is -2.26. The second kappa shape index (κ2) is 6.65. The molecule has 0 spiro atoms. The number of aromatic nitrogens is 2. The molecule has 0 aliphatic heterocycles. The summed E-state index contributed by atoms with van der Waals surface area (Å²) >= 11 is 3.21. The van der Waals surface area contributed by atoms with Gasteiger partial charge in [0.15, 0.2) is 10.4 Å². The van der Waals surface area contributed by atoms with Gasteiger partial charge in [-0.15, -0.1) is 16.8 Å². The highest BCUT2D eigenvalue weighted by Gasteiger charge is 2.14. The molecule has 2 heterocycles. The largest absolute Gasteiger partial charge is 0.444 e. The van der Waals surface area contributed by atoms with Crippen molar-refractivity contribution in [1.82, 2.24) is 15.1 Å². The summed E-state index contributed by atoms with van der Waals surface area (Å²) in [6.45, 7) is 5.37. The number of aliphatic hydroxyl groups excluding tert-OH is 1. The predicted molar refractivity (Wildman–Crippen MR) is 72.3 cm³/mol. The predicted octanol–water partition coefficient (Wildman–Crippen LogP) is 2.07. The molecule has 0 saturated carbocycles. The van der Waals surface area contributed by atoms with Crippen LogP contribution in [0.25, 0.3) is 11.7 Å². The summed E-state index contributed by atoms with van der Waals surface area (Å²) in [7, 11) is 0. The number of furan rings is 1. The van der Waals surface area contributed by atoms with E-state index in [0.717, 1.165) is 0 Å². The zero-order valence-corrected chi connectivity index (χ0v) is 11.8. The summed E-state index contributed by atoms with van der Waals surface area (Å²) in [6.07, 6.45) is 1.76. The zero-order valence-electron chi connectivity index (χ0n) is 10.3. The van der Waals surface area contributed by atoms with Crippen molar-refractivity contribution in [3.05, 3.63) is 35.3 Å². The van der Waals surface area contributed by atoms with Crippen LogP contribution in [0.5, 0.6) is 0 Å². The topological polar surface area (TPSA) is 75.5 Å². The zero-order chi connectivity index (χ0) is 13.7. The fourth-order valence-corrected chi connectivity index (χ4v) is 1.90. The van der Waals surface area contributed by atoms with E-state index in [0.29, 0.717) is 41.8 Å². The van der Waals surface area contributed by atoms with Gasteiger partial charge in [-0.25, -0.2) is 0 Å². The number of rotatable bonds is 7. The van der Waals surface area contributed by atoms with E-state index in [4.69, 9.17) is 13.9 Å². The fraction of sp³-hybridized carbons (Fsp3) is 0.333. The van der Waals surface area contributed by atoms with E-state index >= 15 is 0 Å². The minimum absolute atomic E-state index is 0.0694. The van der Waals surface area contributed by atoms with Crippen molar-refractivity contribution in [3.63, 3.8) is 0 Å². The second-order valence-corrected chi connectivity index (χ2v) is 4.63. The maximum Gasteiger partial charge on any atom is 0.283 e. The molecule has 0 amide bonds. The van der Waals surface area contributed by atoms with Crippen LogP contribution < -0.4 is 0 Å². The van der Waals surface area contributed by atoms with Crippen LogP contribution in [0.3, 0.4) is 0 Å². The van der Waals surface area contributed by atoms with Crippen LogP contribution in [-0.4, -0.2) is 39.9 Å². The second-order valence-electron chi connectivity index (χ2n) is 3.85. The van der Waals surface area contributed by atoms with Crippen molar-refractivity contribution in [3.8, 4) is 11.7 Å². The molecule has 0 radical (unpaired) electrons. The van der Waals surface area contributed by atoms with E-state index in [9.17, 15) is 0 Å². The molecule has 0 aliphatic rings. The maximum absolute atomic E-state index is 8.96. The van der Waals surface area contributed by atoms with Crippen LogP contribution in [0, 0.1) is 0 Å². The molecule has 2 rings (SSSR count). The van der Waals surface area contributed by atoms with Crippen LogP contribution >= 0.6 is 15.9 Å². The Labute approximate surface area is 118 Å². The van der Waals surface area contributed by atoms with E-state index in [1.807, 2.05) is 4.90 Å². The highest BCUT2D eigenvalue weighted by molar-refractivity contribution is 9.10. The molecule has 0 atom stereocenters. The van der Waals surface area contributed by atoms with Gasteiger partial charge in [0.1, 0.15) is 0 Å². The average molecular weight is 328 g/mol. The maximum atomic E-state index is 8.96.